The molecule has 2 unspecified atom stereocenters. The van der Waals surface area contributed by atoms with E-state index in [-0.39, 0.29) is 24.0 Å². The lowest BCUT2D eigenvalue weighted by atomic mass is 9.72. The van der Waals surface area contributed by atoms with Gasteiger partial charge in [-0.15, -0.1) is 0 Å². The first kappa shape index (κ1) is 16.9. The van der Waals surface area contributed by atoms with Gasteiger partial charge in [-0.2, -0.15) is 0 Å². The average Bonchev–Trinajstić information content (AvgIpc) is 2.31. The van der Waals surface area contributed by atoms with Gasteiger partial charge in [-0.25, -0.2) is 0 Å². The third-order valence-corrected chi connectivity index (χ3v) is 3.85. The van der Waals surface area contributed by atoms with Crippen LogP contribution in [0.2, 0.25) is 0 Å². The van der Waals surface area contributed by atoms with Gasteiger partial charge < -0.3 is 10.2 Å². The molecule has 0 aromatic heterocycles. The Hall–Kier alpha value is -0.0800. The van der Waals surface area contributed by atoms with Crippen LogP contribution in [0.15, 0.2) is 0 Å². The molecule has 0 aliphatic carbocycles. The molecule has 2 heteroatoms. The van der Waals surface area contributed by atoms with Gasteiger partial charge in [0.25, 0.3) is 0 Å². The first-order valence-corrected chi connectivity index (χ1v) is 7.28. The monoisotopic (exact) mass is 244 g/mol. The molecule has 0 radical (unpaired) electrons. The summed E-state index contributed by atoms with van der Waals surface area (Å²) in [4.78, 5) is 0. The van der Waals surface area contributed by atoms with Crippen molar-refractivity contribution in [2.45, 2.75) is 78.7 Å². The summed E-state index contributed by atoms with van der Waals surface area (Å²) in [7, 11) is 0. The molecule has 0 aliphatic rings. The van der Waals surface area contributed by atoms with E-state index in [0.717, 1.165) is 32.1 Å². The molecule has 0 bridgehead atoms. The summed E-state index contributed by atoms with van der Waals surface area (Å²) in [5.74, 6) is 0.227. The van der Waals surface area contributed by atoms with Gasteiger partial charge in [-0.05, 0) is 24.2 Å². The molecule has 0 saturated heterocycles. The van der Waals surface area contributed by atoms with Crippen molar-refractivity contribution in [1.29, 1.82) is 0 Å². The Labute approximate surface area is 107 Å². The van der Waals surface area contributed by atoms with Crippen molar-refractivity contribution in [3.8, 4) is 0 Å². The van der Waals surface area contributed by atoms with Gasteiger partial charge in [0.15, 0.2) is 0 Å². The largest absolute Gasteiger partial charge is 0.396 e. The van der Waals surface area contributed by atoms with Gasteiger partial charge in [-0.3, -0.25) is 0 Å². The second-order valence-electron chi connectivity index (χ2n) is 5.96. The molecule has 2 N–H and O–H groups in total. The summed E-state index contributed by atoms with van der Waals surface area (Å²) in [5.41, 5.74) is -0.166. The minimum atomic E-state index is -0.256. The molecule has 0 saturated carbocycles. The van der Waals surface area contributed by atoms with Crippen LogP contribution in [0.4, 0.5) is 0 Å². The van der Waals surface area contributed by atoms with Crippen LogP contribution >= 0.6 is 0 Å². The van der Waals surface area contributed by atoms with Crippen LogP contribution in [0, 0.1) is 11.3 Å². The highest BCUT2D eigenvalue weighted by molar-refractivity contribution is 4.83. The zero-order chi connectivity index (χ0) is 13.3. The zero-order valence-corrected chi connectivity index (χ0v) is 12.2. The fraction of sp³-hybridized carbons (Fsp3) is 1.00. The highest BCUT2D eigenvalue weighted by Crippen LogP contribution is 2.35. The Bertz CT molecular complexity index is 178. The summed E-state index contributed by atoms with van der Waals surface area (Å²) in [6.07, 6.45) is 7.44. The second kappa shape index (κ2) is 8.93. The number of hydrogen-bond acceptors (Lipinski definition) is 2. The van der Waals surface area contributed by atoms with Gasteiger partial charge in [0.2, 0.25) is 0 Å². The molecular formula is C15H32O2. The zero-order valence-electron chi connectivity index (χ0n) is 12.2. The first-order valence-electron chi connectivity index (χ1n) is 7.28. The summed E-state index contributed by atoms with van der Waals surface area (Å²) in [6, 6.07) is 0. The van der Waals surface area contributed by atoms with Gasteiger partial charge in [0.05, 0.1) is 6.10 Å². The average molecular weight is 244 g/mol. The SMILES string of the molecule is CCCCCC(C(O)CCCC)C(C)(C)CO. The van der Waals surface area contributed by atoms with Crippen LogP contribution in [-0.4, -0.2) is 22.9 Å². The minimum absolute atomic E-state index is 0.160. The fourth-order valence-electron chi connectivity index (χ4n) is 2.45. The smallest absolute Gasteiger partial charge is 0.0574 e. The summed E-state index contributed by atoms with van der Waals surface area (Å²) in [5, 5.41) is 19.8. The minimum Gasteiger partial charge on any atom is -0.396 e. The summed E-state index contributed by atoms with van der Waals surface area (Å²) >= 11 is 0. The molecule has 2 nitrogen and oxygen atoms in total. The lowest BCUT2D eigenvalue weighted by Gasteiger charge is -2.36. The Balaban J connectivity index is 4.38. The number of aliphatic hydroxyl groups is 2. The molecule has 0 aromatic carbocycles. The van der Waals surface area contributed by atoms with Crippen molar-refractivity contribution in [2.24, 2.45) is 11.3 Å². The maximum Gasteiger partial charge on any atom is 0.0574 e. The quantitative estimate of drug-likeness (QED) is 0.575. The van der Waals surface area contributed by atoms with Gasteiger partial charge >= 0.3 is 0 Å². The maximum absolute atomic E-state index is 10.3. The van der Waals surface area contributed by atoms with Crippen molar-refractivity contribution < 1.29 is 10.2 Å². The molecule has 104 valence electrons. The Kier molecular flexibility index (Phi) is 8.89. The molecule has 2 atom stereocenters. The van der Waals surface area contributed by atoms with E-state index in [0.29, 0.717) is 0 Å². The molecule has 0 rings (SSSR count). The predicted molar refractivity (Wildman–Crippen MR) is 74.0 cm³/mol. The third-order valence-electron chi connectivity index (χ3n) is 3.85. The highest BCUT2D eigenvalue weighted by Gasteiger charge is 2.33. The summed E-state index contributed by atoms with van der Waals surface area (Å²) < 4.78 is 0. The van der Waals surface area contributed by atoms with Crippen LogP contribution in [-0.2, 0) is 0 Å². The van der Waals surface area contributed by atoms with Gasteiger partial charge in [0, 0.05) is 6.61 Å². The third kappa shape index (κ3) is 6.42. The van der Waals surface area contributed by atoms with Gasteiger partial charge in [-0.1, -0.05) is 59.8 Å². The lowest BCUT2D eigenvalue weighted by molar-refractivity contribution is -0.00881. The van der Waals surface area contributed by atoms with E-state index in [1.165, 1.54) is 12.8 Å². The van der Waals surface area contributed by atoms with Crippen molar-refractivity contribution in [3.63, 3.8) is 0 Å². The second-order valence-corrected chi connectivity index (χ2v) is 5.96. The van der Waals surface area contributed by atoms with E-state index in [2.05, 4.69) is 27.7 Å². The fourth-order valence-corrected chi connectivity index (χ4v) is 2.45. The van der Waals surface area contributed by atoms with Crippen LogP contribution in [0.1, 0.15) is 72.6 Å². The normalized spacial score (nSPS) is 15.9. The van der Waals surface area contributed by atoms with Crippen LogP contribution < -0.4 is 0 Å². The van der Waals surface area contributed by atoms with Crippen molar-refractivity contribution in [3.05, 3.63) is 0 Å². The molecule has 17 heavy (non-hydrogen) atoms. The van der Waals surface area contributed by atoms with E-state index in [4.69, 9.17) is 0 Å². The topological polar surface area (TPSA) is 40.5 Å². The van der Waals surface area contributed by atoms with Crippen molar-refractivity contribution in [1.82, 2.24) is 0 Å². The maximum atomic E-state index is 10.3. The van der Waals surface area contributed by atoms with E-state index < -0.39 is 0 Å². The Morgan fingerprint density at radius 2 is 1.53 bits per heavy atom. The number of aliphatic hydroxyl groups excluding tert-OH is 2. The molecule has 0 amide bonds. The first-order chi connectivity index (χ1) is 7.99. The van der Waals surface area contributed by atoms with E-state index in [9.17, 15) is 10.2 Å². The van der Waals surface area contributed by atoms with Gasteiger partial charge in [0.1, 0.15) is 0 Å². The molecule has 0 heterocycles. The molecular weight excluding hydrogens is 212 g/mol. The molecule has 0 aromatic rings. The Morgan fingerprint density at radius 1 is 0.941 bits per heavy atom. The van der Waals surface area contributed by atoms with Crippen LogP contribution in [0.3, 0.4) is 0 Å². The van der Waals surface area contributed by atoms with E-state index >= 15 is 0 Å². The van der Waals surface area contributed by atoms with Crippen LogP contribution in [0.25, 0.3) is 0 Å². The number of unbranched alkanes of at least 4 members (excludes halogenated alkanes) is 3. The predicted octanol–water partition coefficient (Wildman–Crippen LogP) is 3.75. The Morgan fingerprint density at radius 3 is 2.00 bits per heavy atom. The number of rotatable bonds is 10. The van der Waals surface area contributed by atoms with Crippen molar-refractivity contribution in [2.75, 3.05) is 6.61 Å². The molecule has 0 aliphatic heterocycles. The van der Waals surface area contributed by atoms with Crippen molar-refractivity contribution >= 4 is 0 Å². The highest BCUT2D eigenvalue weighted by atomic mass is 16.3. The van der Waals surface area contributed by atoms with Crippen LogP contribution in [0.5, 0.6) is 0 Å². The lowest BCUT2D eigenvalue weighted by Crippen LogP contribution is -2.36. The molecule has 0 fully saturated rings. The molecule has 0 spiro atoms. The standard InChI is InChI=1S/C15H32O2/c1-5-7-9-10-13(15(3,4)12-16)14(17)11-8-6-2/h13-14,16-17H,5-12H2,1-4H3. The number of hydrogen-bond donors (Lipinski definition) is 2. The van der Waals surface area contributed by atoms with E-state index in [1.807, 2.05) is 0 Å². The van der Waals surface area contributed by atoms with E-state index in [1.54, 1.807) is 0 Å². The summed E-state index contributed by atoms with van der Waals surface area (Å²) in [6.45, 7) is 8.64.